The van der Waals surface area contributed by atoms with E-state index in [1.54, 1.807) is 44.5 Å². The fourth-order valence-electron chi connectivity index (χ4n) is 4.08. The van der Waals surface area contributed by atoms with Crippen molar-refractivity contribution in [2.75, 3.05) is 25.0 Å². The number of piperidine rings is 1. The van der Waals surface area contributed by atoms with Crippen molar-refractivity contribution in [3.63, 3.8) is 0 Å². The number of nitrogens with zero attached hydrogens (tertiary/aromatic N) is 2. The van der Waals surface area contributed by atoms with E-state index in [2.05, 4.69) is 5.32 Å². The molecule has 1 fully saturated rings. The summed E-state index contributed by atoms with van der Waals surface area (Å²) >= 11 is 6.13. The van der Waals surface area contributed by atoms with Gasteiger partial charge in [-0.3, -0.25) is 4.79 Å². The van der Waals surface area contributed by atoms with Crippen LogP contribution in [0.15, 0.2) is 23.1 Å². The molecule has 3 rings (SSSR count). The van der Waals surface area contributed by atoms with Gasteiger partial charge in [0.15, 0.2) is 0 Å². The van der Waals surface area contributed by atoms with E-state index < -0.39 is 16.0 Å². The number of esters is 1. The lowest BCUT2D eigenvalue weighted by Crippen LogP contribution is -2.41. The molecule has 2 aromatic rings. The van der Waals surface area contributed by atoms with E-state index >= 15 is 0 Å². The molecular weight excluding hydrogens is 466 g/mol. The Kier molecular flexibility index (Phi) is 7.55. The zero-order valence-corrected chi connectivity index (χ0v) is 21.1. The molecule has 0 aliphatic carbocycles. The molecule has 1 aromatic carbocycles. The second kappa shape index (κ2) is 9.87. The molecule has 1 aliphatic rings. The van der Waals surface area contributed by atoms with Crippen molar-refractivity contribution in [3.05, 3.63) is 45.7 Å². The highest BCUT2D eigenvalue weighted by Crippen LogP contribution is 2.32. The molecule has 0 unspecified atom stereocenters. The molecule has 0 atom stereocenters. The van der Waals surface area contributed by atoms with Crippen LogP contribution in [-0.2, 0) is 26.6 Å². The third-order valence-corrected chi connectivity index (χ3v) is 8.73. The molecule has 0 radical (unpaired) electrons. The zero-order chi connectivity index (χ0) is 24.5. The Morgan fingerprint density at radius 2 is 1.79 bits per heavy atom. The van der Waals surface area contributed by atoms with E-state index in [0.717, 1.165) is 5.56 Å². The minimum atomic E-state index is -3.94. The van der Waals surface area contributed by atoms with Crippen LogP contribution in [0.3, 0.4) is 0 Å². The largest absolute Gasteiger partial charge is 0.462 e. The molecule has 2 heterocycles. The molecule has 0 spiro atoms. The number of carbonyl (C=O) groups excluding carboxylic acids is 2. The number of amides is 1. The van der Waals surface area contributed by atoms with Crippen LogP contribution in [0.2, 0.25) is 5.02 Å². The molecule has 10 heteroatoms. The van der Waals surface area contributed by atoms with E-state index in [1.165, 1.54) is 4.31 Å². The number of nitrogens with one attached hydrogen (secondary N) is 1. The summed E-state index contributed by atoms with van der Waals surface area (Å²) in [4.78, 5) is 25.3. The maximum atomic E-state index is 13.5. The third kappa shape index (κ3) is 4.95. The Balaban J connectivity index is 1.76. The minimum Gasteiger partial charge on any atom is -0.462 e. The van der Waals surface area contributed by atoms with Crippen molar-refractivity contribution in [1.29, 1.82) is 0 Å². The predicted molar refractivity (Wildman–Crippen MR) is 127 cm³/mol. The predicted octanol–water partition coefficient (Wildman–Crippen LogP) is 3.82. The first-order chi connectivity index (χ1) is 15.5. The highest BCUT2D eigenvalue weighted by molar-refractivity contribution is 7.89. The Hall–Kier alpha value is -2.36. The van der Waals surface area contributed by atoms with Crippen LogP contribution < -0.4 is 5.32 Å². The van der Waals surface area contributed by atoms with Crippen LogP contribution in [0.25, 0.3) is 0 Å². The normalized spacial score (nSPS) is 15.5. The Bertz CT molecular complexity index is 1180. The summed E-state index contributed by atoms with van der Waals surface area (Å²) in [5.41, 5.74) is 2.62. The molecule has 33 heavy (non-hydrogen) atoms. The number of rotatable bonds is 6. The van der Waals surface area contributed by atoms with E-state index in [1.807, 2.05) is 13.0 Å². The first kappa shape index (κ1) is 25.3. The van der Waals surface area contributed by atoms with E-state index in [-0.39, 0.29) is 42.0 Å². The van der Waals surface area contributed by atoms with Gasteiger partial charge in [0.2, 0.25) is 15.9 Å². The standard InChI is InChI=1S/C23H30ClN3O5S/c1-6-32-23(29)20-15(3)26(5)16(4)21(20)33(30,31)27-11-9-17(10-12-27)22(28)25-18-8-7-14(2)19(24)13-18/h7-8,13,17H,6,9-12H2,1-5H3,(H,25,28). The number of ether oxygens (including phenoxy) is 1. The molecule has 0 saturated carbocycles. The second-order valence-corrected chi connectivity index (χ2v) is 10.6. The quantitative estimate of drug-likeness (QED) is 0.614. The number of benzene rings is 1. The van der Waals surface area contributed by atoms with Crippen molar-refractivity contribution in [2.45, 2.75) is 45.4 Å². The van der Waals surface area contributed by atoms with Crippen molar-refractivity contribution >= 4 is 39.2 Å². The van der Waals surface area contributed by atoms with Crippen LogP contribution in [0, 0.1) is 26.7 Å². The third-order valence-electron chi connectivity index (χ3n) is 6.27. The number of carbonyl (C=O) groups is 2. The highest BCUT2D eigenvalue weighted by atomic mass is 35.5. The zero-order valence-electron chi connectivity index (χ0n) is 19.6. The average molecular weight is 496 g/mol. The van der Waals surface area contributed by atoms with E-state index in [9.17, 15) is 18.0 Å². The first-order valence-corrected chi connectivity index (χ1v) is 12.7. The molecule has 1 aromatic heterocycles. The van der Waals surface area contributed by atoms with Crippen LogP contribution in [0.4, 0.5) is 5.69 Å². The summed E-state index contributed by atoms with van der Waals surface area (Å²) in [6.45, 7) is 7.46. The summed E-state index contributed by atoms with van der Waals surface area (Å²) in [5.74, 6) is -1.13. The lowest BCUT2D eigenvalue weighted by atomic mass is 9.97. The summed E-state index contributed by atoms with van der Waals surface area (Å²) < 4.78 is 35.2. The Morgan fingerprint density at radius 3 is 2.36 bits per heavy atom. The lowest BCUT2D eigenvalue weighted by molar-refractivity contribution is -0.120. The van der Waals surface area contributed by atoms with Gasteiger partial charge in [-0.25, -0.2) is 13.2 Å². The molecular formula is C23H30ClN3O5S. The molecule has 1 amide bonds. The highest BCUT2D eigenvalue weighted by Gasteiger charge is 2.38. The number of aromatic nitrogens is 1. The molecule has 0 bridgehead atoms. The average Bonchev–Trinajstić information content (AvgIpc) is 3.01. The van der Waals surface area contributed by atoms with Crippen molar-refractivity contribution < 1.29 is 22.7 Å². The van der Waals surface area contributed by atoms with Gasteiger partial charge in [-0.05, 0) is 58.2 Å². The maximum absolute atomic E-state index is 13.5. The van der Waals surface area contributed by atoms with Gasteiger partial charge in [-0.15, -0.1) is 0 Å². The molecule has 1 N–H and O–H groups in total. The number of hydrogen-bond acceptors (Lipinski definition) is 5. The van der Waals surface area contributed by atoms with Crippen molar-refractivity contribution in [2.24, 2.45) is 13.0 Å². The van der Waals surface area contributed by atoms with Gasteiger partial charge in [0.1, 0.15) is 10.5 Å². The SMILES string of the molecule is CCOC(=O)c1c(S(=O)(=O)N2CCC(C(=O)Nc3ccc(C)c(Cl)c3)CC2)c(C)n(C)c1C. The number of anilines is 1. The van der Waals surface area contributed by atoms with E-state index in [0.29, 0.717) is 34.9 Å². The molecule has 180 valence electrons. The van der Waals surface area contributed by atoms with Gasteiger partial charge in [0, 0.05) is 48.2 Å². The lowest BCUT2D eigenvalue weighted by Gasteiger charge is -2.30. The number of aryl methyl sites for hydroxylation is 1. The summed E-state index contributed by atoms with van der Waals surface area (Å²) in [6.07, 6.45) is 0.758. The number of halogens is 1. The van der Waals surface area contributed by atoms with Gasteiger partial charge < -0.3 is 14.6 Å². The van der Waals surface area contributed by atoms with Gasteiger partial charge >= 0.3 is 5.97 Å². The first-order valence-electron chi connectivity index (χ1n) is 10.9. The monoisotopic (exact) mass is 495 g/mol. The van der Waals surface area contributed by atoms with Gasteiger partial charge in [-0.2, -0.15) is 4.31 Å². The maximum Gasteiger partial charge on any atom is 0.341 e. The summed E-state index contributed by atoms with van der Waals surface area (Å²) in [6, 6.07) is 5.32. The van der Waals surface area contributed by atoms with Crippen molar-refractivity contribution in [1.82, 2.24) is 8.87 Å². The van der Waals surface area contributed by atoms with Crippen LogP contribution >= 0.6 is 11.6 Å². The smallest absolute Gasteiger partial charge is 0.341 e. The van der Waals surface area contributed by atoms with Crippen molar-refractivity contribution in [3.8, 4) is 0 Å². The van der Waals surface area contributed by atoms with E-state index in [4.69, 9.17) is 16.3 Å². The fourth-order valence-corrected chi connectivity index (χ4v) is 6.21. The number of hydrogen-bond donors (Lipinski definition) is 1. The van der Waals surface area contributed by atoms with Gasteiger partial charge in [0.25, 0.3) is 0 Å². The summed E-state index contributed by atoms with van der Waals surface area (Å²) in [5, 5.41) is 3.44. The fraction of sp³-hybridized carbons (Fsp3) is 0.478. The summed E-state index contributed by atoms with van der Waals surface area (Å²) in [7, 11) is -2.22. The molecule has 1 saturated heterocycles. The van der Waals surface area contributed by atoms with Gasteiger partial charge in [0.05, 0.1) is 6.61 Å². The minimum absolute atomic E-state index is 0.0156. The van der Waals surface area contributed by atoms with Crippen LogP contribution in [0.5, 0.6) is 0 Å². The van der Waals surface area contributed by atoms with Crippen LogP contribution in [-0.4, -0.2) is 48.9 Å². The molecule has 1 aliphatic heterocycles. The molecule has 8 nitrogen and oxygen atoms in total. The Labute approximate surface area is 199 Å². The second-order valence-electron chi connectivity index (χ2n) is 8.29. The Morgan fingerprint density at radius 1 is 1.15 bits per heavy atom. The van der Waals surface area contributed by atoms with Gasteiger partial charge in [-0.1, -0.05) is 17.7 Å². The van der Waals surface area contributed by atoms with Crippen LogP contribution in [0.1, 0.15) is 47.1 Å². The topological polar surface area (TPSA) is 97.7 Å². The number of sulfonamides is 1.